The summed E-state index contributed by atoms with van der Waals surface area (Å²) in [5.41, 5.74) is 2.44. The van der Waals surface area contributed by atoms with E-state index >= 15 is 0 Å². The van der Waals surface area contributed by atoms with Gasteiger partial charge in [0.2, 0.25) is 5.78 Å². The number of Topliss-reactive ketones (excluding diaryl/α,β-unsaturated/α-hetero) is 1. The summed E-state index contributed by atoms with van der Waals surface area (Å²) >= 11 is 0. The molecule has 4 nitrogen and oxygen atoms in total. The van der Waals surface area contributed by atoms with Gasteiger partial charge in [-0.3, -0.25) is 9.59 Å². The minimum atomic E-state index is -0.875. The van der Waals surface area contributed by atoms with Crippen LogP contribution >= 0.6 is 0 Å². The number of carbonyl (C=O) groups is 2. The van der Waals surface area contributed by atoms with E-state index < -0.39 is 11.3 Å². The number of ketones is 1. The molecule has 4 heteroatoms. The van der Waals surface area contributed by atoms with E-state index in [2.05, 4.69) is 13.8 Å². The molecule has 0 saturated heterocycles. The van der Waals surface area contributed by atoms with Gasteiger partial charge in [-0.1, -0.05) is 29.3 Å². The Morgan fingerprint density at radius 2 is 1.83 bits per heavy atom. The largest absolute Gasteiger partial charge is 0.488 e. The maximum Gasteiger partial charge on any atom is 0.291 e. The molecule has 1 heterocycles. The zero-order chi connectivity index (χ0) is 17.5. The molecule has 0 aromatic heterocycles. The van der Waals surface area contributed by atoms with Gasteiger partial charge >= 0.3 is 0 Å². The van der Waals surface area contributed by atoms with E-state index in [1.165, 1.54) is 11.1 Å². The van der Waals surface area contributed by atoms with E-state index in [4.69, 9.17) is 4.74 Å². The van der Waals surface area contributed by atoms with Crippen molar-refractivity contribution in [2.75, 3.05) is 13.1 Å². The fraction of sp³-hybridized carbons (Fsp3) is 0.500. The Balaban J connectivity index is 2.12. The zero-order valence-corrected chi connectivity index (χ0v) is 14.9. The van der Waals surface area contributed by atoms with Crippen LogP contribution in [0.1, 0.15) is 46.1 Å². The van der Waals surface area contributed by atoms with E-state index in [-0.39, 0.29) is 11.9 Å². The molecule has 1 amide bonds. The second kappa shape index (κ2) is 6.08. The smallest absolute Gasteiger partial charge is 0.291 e. The second-order valence-electron chi connectivity index (χ2n) is 6.82. The molecule has 2 aliphatic rings. The Hall–Kier alpha value is -2.10. The van der Waals surface area contributed by atoms with Crippen molar-refractivity contribution in [2.45, 2.75) is 52.1 Å². The fourth-order valence-electron chi connectivity index (χ4n) is 4.01. The predicted molar refractivity (Wildman–Crippen MR) is 93.1 cm³/mol. The molecule has 24 heavy (non-hydrogen) atoms. The van der Waals surface area contributed by atoms with Crippen molar-refractivity contribution in [3.05, 3.63) is 41.0 Å². The van der Waals surface area contributed by atoms with Crippen LogP contribution in [0.25, 0.3) is 0 Å². The summed E-state index contributed by atoms with van der Waals surface area (Å²) in [5.74, 6) is 0.0244. The minimum Gasteiger partial charge on any atom is -0.488 e. The van der Waals surface area contributed by atoms with Crippen molar-refractivity contribution in [3.8, 4) is 5.75 Å². The maximum atomic E-state index is 13.4. The average Bonchev–Trinajstić information content (AvgIpc) is 2.90. The molecular formula is C20H25NO3. The molecule has 0 unspecified atom stereocenters. The highest BCUT2D eigenvalue weighted by Gasteiger charge is 2.58. The number of likely N-dealkylation sites (N-methyl/N-ethyl adjacent to an activating group) is 1. The van der Waals surface area contributed by atoms with Crippen molar-refractivity contribution in [1.82, 2.24) is 4.90 Å². The molecule has 3 rings (SSSR count). The zero-order valence-electron chi connectivity index (χ0n) is 14.9. The number of carbonyl (C=O) groups excluding carboxylic acids is 2. The van der Waals surface area contributed by atoms with Gasteiger partial charge in [0.05, 0.1) is 0 Å². The van der Waals surface area contributed by atoms with Gasteiger partial charge in [0.15, 0.2) is 0 Å². The van der Waals surface area contributed by atoms with Gasteiger partial charge in [-0.05, 0) is 40.2 Å². The first kappa shape index (κ1) is 16.7. The molecular weight excluding hydrogens is 302 g/mol. The van der Waals surface area contributed by atoms with Crippen LogP contribution in [0.5, 0.6) is 5.75 Å². The first-order chi connectivity index (χ1) is 11.5. The normalized spacial score (nSPS) is 24.9. The lowest BCUT2D eigenvalue weighted by atomic mass is 9.64. The van der Waals surface area contributed by atoms with E-state index in [1.54, 1.807) is 4.90 Å². The van der Waals surface area contributed by atoms with Gasteiger partial charge in [0.1, 0.15) is 17.3 Å². The minimum absolute atomic E-state index is 0.286. The lowest BCUT2D eigenvalue weighted by molar-refractivity contribution is -0.149. The third-order valence-corrected chi connectivity index (χ3v) is 5.60. The summed E-state index contributed by atoms with van der Waals surface area (Å²) < 4.78 is 6.13. The van der Waals surface area contributed by atoms with Crippen molar-refractivity contribution in [1.29, 1.82) is 0 Å². The first-order valence-corrected chi connectivity index (χ1v) is 8.70. The molecule has 0 saturated carbocycles. The summed E-state index contributed by atoms with van der Waals surface area (Å²) in [6.45, 7) is 9.03. The quantitative estimate of drug-likeness (QED) is 0.630. The molecule has 1 aliphatic carbocycles. The van der Waals surface area contributed by atoms with Gasteiger partial charge in [0.25, 0.3) is 5.91 Å². The molecule has 128 valence electrons. The van der Waals surface area contributed by atoms with Crippen molar-refractivity contribution in [2.24, 2.45) is 0 Å². The molecule has 0 bridgehead atoms. The van der Waals surface area contributed by atoms with E-state index in [0.717, 1.165) is 11.3 Å². The van der Waals surface area contributed by atoms with Crippen molar-refractivity contribution >= 4 is 11.7 Å². The molecule has 1 aliphatic heterocycles. The van der Waals surface area contributed by atoms with Crippen molar-refractivity contribution < 1.29 is 14.3 Å². The van der Waals surface area contributed by atoms with Crippen LogP contribution in [-0.4, -0.2) is 35.8 Å². The predicted octanol–water partition coefficient (Wildman–Crippen LogP) is 3.25. The summed E-state index contributed by atoms with van der Waals surface area (Å²) in [6, 6.07) is 7.67. The van der Waals surface area contributed by atoms with Crippen LogP contribution in [-0.2, 0) is 15.0 Å². The van der Waals surface area contributed by atoms with Crippen LogP contribution in [0.2, 0.25) is 0 Å². The number of fused-ring (bicyclic) bond motifs is 3. The molecule has 0 radical (unpaired) electrons. The second-order valence-corrected chi connectivity index (χ2v) is 6.82. The molecule has 0 spiro atoms. The lowest BCUT2D eigenvalue weighted by Gasteiger charge is -2.38. The van der Waals surface area contributed by atoms with Gasteiger partial charge in [-0.25, -0.2) is 0 Å². The number of allylic oxidation sites excluding steroid dienone is 1. The fourth-order valence-corrected chi connectivity index (χ4v) is 4.01. The number of benzene rings is 1. The molecule has 1 aromatic rings. The van der Waals surface area contributed by atoms with E-state index in [1.807, 2.05) is 38.1 Å². The number of amides is 1. The van der Waals surface area contributed by atoms with Crippen LogP contribution in [0, 0.1) is 0 Å². The summed E-state index contributed by atoms with van der Waals surface area (Å²) in [5, 5.41) is 0. The number of ether oxygens (including phenoxy) is 1. The van der Waals surface area contributed by atoms with E-state index in [9.17, 15) is 9.59 Å². The number of hydrogen-bond donors (Lipinski definition) is 0. The average molecular weight is 327 g/mol. The Morgan fingerprint density at radius 3 is 2.50 bits per heavy atom. The highest BCUT2D eigenvalue weighted by molar-refractivity contribution is 6.40. The number of para-hydroxylation sites is 1. The molecule has 1 aromatic carbocycles. The topological polar surface area (TPSA) is 46.6 Å². The summed E-state index contributed by atoms with van der Waals surface area (Å²) in [7, 11) is 0. The highest BCUT2D eigenvalue weighted by Crippen LogP contribution is 2.52. The Bertz CT molecular complexity index is 717. The lowest BCUT2D eigenvalue weighted by Crippen LogP contribution is -2.54. The maximum absolute atomic E-state index is 13.4. The van der Waals surface area contributed by atoms with E-state index in [0.29, 0.717) is 25.9 Å². The number of rotatable bonds is 4. The third-order valence-electron chi connectivity index (χ3n) is 5.60. The molecule has 0 N–H and O–H groups in total. The van der Waals surface area contributed by atoms with Gasteiger partial charge in [-0.15, -0.1) is 0 Å². The number of nitrogens with zero attached hydrogens (tertiary/aromatic N) is 1. The van der Waals surface area contributed by atoms with Crippen LogP contribution in [0.15, 0.2) is 35.4 Å². The first-order valence-electron chi connectivity index (χ1n) is 8.70. The number of hydrogen-bond acceptors (Lipinski definition) is 3. The van der Waals surface area contributed by atoms with Crippen LogP contribution < -0.4 is 4.74 Å². The van der Waals surface area contributed by atoms with Crippen molar-refractivity contribution in [3.63, 3.8) is 0 Å². The Kier molecular flexibility index (Phi) is 4.24. The monoisotopic (exact) mass is 327 g/mol. The standard InChI is InChI=1S/C20H25NO3/c1-5-21(6-2)19(23)18(22)20-12-14(4)13(3)11-17(20)24-16-10-8-7-9-15(16)20/h7-10,17H,5-6,11-12H2,1-4H3/t17-,20+/m0/s1. The molecule has 0 fully saturated rings. The summed E-state index contributed by atoms with van der Waals surface area (Å²) in [6.07, 6.45) is 0.968. The van der Waals surface area contributed by atoms with Gasteiger partial charge in [0, 0.05) is 25.1 Å². The summed E-state index contributed by atoms with van der Waals surface area (Å²) in [4.78, 5) is 27.8. The molecule has 2 atom stereocenters. The van der Waals surface area contributed by atoms with Crippen LogP contribution in [0.3, 0.4) is 0 Å². The Morgan fingerprint density at radius 1 is 1.17 bits per heavy atom. The Labute approximate surface area is 143 Å². The third kappa shape index (κ3) is 2.27. The van der Waals surface area contributed by atoms with Gasteiger partial charge in [-0.2, -0.15) is 0 Å². The van der Waals surface area contributed by atoms with Gasteiger partial charge < -0.3 is 9.64 Å². The highest BCUT2D eigenvalue weighted by atomic mass is 16.5. The van der Waals surface area contributed by atoms with Crippen LogP contribution in [0.4, 0.5) is 0 Å². The SMILES string of the molecule is CCN(CC)C(=O)C(=O)[C@@]12CC(C)=C(C)C[C@@H]1Oc1ccccc12.